The first-order chi connectivity index (χ1) is 26.2. The van der Waals surface area contributed by atoms with Crippen LogP contribution >= 0.6 is 0 Å². The highest BCUT2D eigenvalue weighted by Crippen LogP contribution is 2.42. The number of nitro benzene ring substituents is 1. The smallest absolute Gasteiger partial charge is 0.311 e. The lowest BCUT2D eigenvalue weighted by atomic mass is 9.97. The summed E-state index contributed by atoms with van der Waals surface area (Å²) in [5.41, 5.74) is 13.0. The van der Waals surface area contributed by atoms with E-state index in [4.69, 9.17) is 20.3 Å². The number of anilines is 3. The van der Waals surface area contributed by atoms with Crippen LogP contribution in [0.2, 0.25) is 0 Å². The van der Waals surface area contributed by atoms with Gasteiger partial charge in [-0.15, -0.1) is 0 Å². The molecule has 6 heterocycles. The van der Waals surface area contributed by atoms with Crippen LogP contribution in [-0.2, 0) is 14.1 Å². The van der Waals surface area contributed by atoms with Crippen molar-refractivity contribution >= 4 is 22.7 Å². The Morgan fingerprint density at radius 2 is 1.20 bits per heavy atom. The summed E-state index contributed by atoms with van der Waals surface area (Å²) in [5.74, 6) is 1.04. The molecule has 292 valence electrons. The summed E-state index contributed by atoms with van der Waals surface area (Å²) in [7, 11) is 7.95. The number of nitrogen functional groups attached to an aromatic ring is 1. The van der Waals surface area contributed by atoms with E-state index < -0.39 is 0 Å². The Morgan fingerprint density at radius 1 is 0.722 bits per heavy atom. The van der Waals surface area contributed by atoms with Crippen LogP contribution in [0.15, 0.2) is 49.1 Å². The molecule has 15 heteroatoms. The Labute approximate surface area is 318 Å². The van der Waals surface area contributed by atoms with Crippen LogP contribution in [0.4, 0.5) is 22.7 Å². The lowest BCUT2D eigenvalue weighted by Gasteiger charge is -2.45. The number of nitrogens with two attached hydrogens (primary N) is 1. The third-order valence-corrected chi connectivity index (χ3v) is 11.2. The Morgan fingerprint density at radius 3 is 1.65 bits per heavy atom. The van der Waals surface area contributed by atoms with Crippen molar-refractivity contribution in [1.29, 1.82) is 0 Å². The number of aromatic nitrogens is 4. The number of rotatable bonds is 7. The fourth-order valence-electron chi connectivity index (χ4n) is 8.48. The monoisotopic (exact) mass is 744 g/mol. The van der Waals surface area contributed by atoms with E-state index >= 15 is 0 Å². The van der Waals surface area contributed by atoms with Gasteiger partial charge in [-0.05, 0) is 44.8 Å². The predicted molar refractivity (Wildman–Crippen MR) is 212 cm³/mol. The SMILES string of the molecule is CO.COc1cc(N2CCN3CCCC[C@@H]3C2)c(-c2cnn(C)c2)cc1N.COc1cc(N2CCN3CCCC[C@@H]3C2)c(-c2cnn(C)c2)cc1[N+](=O)[O-]. The second-order valence-electron chi connectivity index (χ2n) is 14.5. The molecule has 0 radical (unpaired) electrons. The Balaban J connectivity index is 0.000000177. The third kappa shape index (κ3) is 8.43. The number of hydrogen-bond donors (Lipinski definition) is 2. The van der Waals surface area contributed by atoms with Crippen LogP contribution < -0.4 is 25.0 Å². The van der Waals surface area contributed by atoms with Crippen molar-refractivity contribution in [3.05, 3.63) is 59.2 Å². The van der Waals surface area contributed by atoms with Gasteiger partial charge in [-0.3, -0.25) is 29.3 Å². The van der Waals surface area contributed by atoms with Gasteiger partial charge in [0.25, 0.3) is 0 Å². The molecule has 2 aromatic heterocycles. The minimum Gasteiger partial charge on any atom is -0.495 e. The van der Waals surface area contributed by atoms with Gasteiger partial charge < -0.3 is 30.1 Å². The second-order valence-corrected chi connectivity index (χ2v) is 14.5. The molecule has 2 aromatic carbocycles. The number of fused-ring (bicyclic) bond motifs is 2. The Hall–Kier alpha value is -4.86. The molecule has 4 aliphatic rings. The van der Waals surface area contributed by atoms with Crippen LogP contribution in [0.25, 0.3) is 22.3 Å². The fourth-order valence-corrected chi connectivity index (χ4v) is 8.48. The standard InChI is InChI=1S/C19H25N5O3.C19H27N5O.CH4O/c1-21-12-14(11-20-21)16-9-18(24(25)26)19(27-2)10-17(16)23-8-7-22-6-4-3-5-15(22)13-23;1-22-12-14(11-21-22)16-9-17(20)19(25-2)10-18(16)24-8-7-23-6-4-3-5-15(23)13-24;1-2/h9-12,15H,3-8,13H2,1-2H3;9-12,15H,3-8,13,20H2,1-2H3;2H,1H3/t2*15-;/m11./s1. The average Bonchev–Trinajstić information content (AvgIpc) is 3.85. The van der Waals surface area contributed by atoms with E-state index in [2.05, 4.69) is 35.9 Å². The second kappa shape index (κ2) is 17.5. The molecular weight excluding hydrogens is 688 g/mol. The molecule has 0 aliphatic carbocycles. The van der Waals surface area contributed by atoms with Crippen LogP contribution in [0.1, 0.15) is 38.5 Å². The maximum Gasteiger partial charge on any atom is 0.311 e. The molecular formula is C39H56N10O5. The molecule has 3 N–H and O–H groups in total. The number of aliphatic hydroxyl groups excluding tert-OH is 1. The summed E-state index contributed by atoms with van der Waals surface area (Å²) in [6.07, 6.45) is 15.3. The van der Waals surface area contributed by atoms with E-state index in [9.17, 15) is 10.1 Å². The Bertz CT molecular complexity index is 1880. The zero-order chi connectivity index (χ0) is 38.4. The molecule has 4 fully saturated rings. The van der Waals surface area contributed by atoms with Crippen molar-refractivity contribution in [3.63, 3.8) is 0 Å². The molecule has 2 atom stereocenters. The fraction of sp³-hybridized carbons (Fsp3) is 0.538. The van der Waals surface area contributed by atoms with Gasteiger partial charge in [-0.1, -0.05) is 12.8 Å². The number of benzene rings is 2. The first kappa shape index (κ1) is 38.9. The number of methoxy groups -OCH3 is 2. The molecule has 0 spiro atoms. The maximum absolute atomic E-state index is 11.5. The van der Waals surface area contributed by atoms with Gasteiger partial charge in [0.1, 0.15) is 5.75 Å². The molecule has 4 aromatic rings. The predicted octanol–water partition coefficient (Wildman–Crippen LogP) is 4.64. The van der Waals surface area contributed by atoms with Crippen molar-refractivity contribution in [2.24, 2.45) is 14.1 Å². The van der Waals surface area contributed by atoms with E-state index in [-0.39, 0.29) is 10.6 Å². The van der Waals surface area contributed by atoms with Crippen molar-refractivity contribution in [1.82, 2.24) is 29.4 Å². The number of piperidine rings is 2. The number of aliphatic hydroxyl groups is 1. The van der Waals surface area contributed by atoms with E-state index in [1.165, 1.54) is 64.4 Å². The normalized spacial score (nSPS) is 20.1. The van der Waals surface area contributed by atoms with Crippen LogP contribution in [-0.4, -0.2) is 125 Å². The summed E-state index contributed by atoms with van der Waals surface area (Å²) in [6.45, 7) is 8.53. The van der Waals surface area contributed by atoms with Crippen LogP contribution in [0.3, 0.4) is 0 Å². The van der Waals surface area contributed by atoms with Crippen molar-refractivity contribution in [2.45, 2.75) is 50.6 Å². The van der Waals surface area contributed by atoms with Gasteiger partial charge in [-0.2, -0.15) is 10.2 Å². The highest BCUT2D eigenvalue weighted by molar-refractivity contribution is 5.84. The van der Waals surface area contributed by atoms with Gasteiger partial charge in [0.05, 0.1) is 37.2 Å². The molecule has 0 bridgehead atoms. The number of piperazine rings is 2. The molecule has 8 rings (SSSR count). The molecule has 4 aliphatic heterocycles. The topological polar surface area (TPSA) is 156 Å². The van der Waals surface area contributed by atoms with Crippen molar-refractivity contribution in [3.8, 4) is 33.8 Å². The van der Waals surface area contributed by atoms with E-state index in [1.54, 1.807) is 24.1 Å². The van der Waals surface area contributed by atoms with Crippen molar-refractivity contribution < 1.29 is 19.5 Å². The lowest BCUT2D eigenvalue weighted by molar-refractivity contribution is -0.385. The summed E-state index contributed by atoms with van der Waals surface area (Å²) < 4.78 is 14.4. The van der Waals surface area contributed by atoms with E-state index in [0.717, 1.165) is 80.1 Å². The first-order valence-electron chi connectivity index (χ1n) is 19.0. The summed E-state index contributed by atoms with van der Waals surface area (Å²) >= 11 is 0. The molecule has 0 saturated carbocycles. The summed E-state index contributed by atoms with van der Waals surface area (Å²) in [5, 5.41) is 27.1. The largest absolute Gasteiger partial charge is 0.495 e. The zero-order valence-corrected chi connectivity index (χ0v) is 32.4. The summed E-state index contributed by atoms with van der Waals surface area (Å²) in [6, 6.07) is 8.77. The minimum atomic E-state index is -0.387. The van der Waals surface area contributed by atoms with Crippen LogP contribution in [0.5, 0.6) is 11.5 Å². The Kier molecular flexibility index (Phi) is 12.6. The highest BCUT2D eigenvalue weighted by atomic mass is 16.6. The van der Waals surface area contributed by atoms with Crippen molar-refractivity contribution in [2.75, 3.05) is 89.2 Å². The van der Waals surface area contributed by atoms with E-state index in [0.29, 0.717) is 23.5 Å². The van der Waals surface area contributed by atoms with Gasteiger partial charge in [-0.25, -0.2) is 0 Å². The van der Waals surface area contributed by atoms with Gasteiger partial charge in [0.15, 0.2) is 5.75 Å². The average molecular weight is 745 g/mol. The molecule has 4 saturated heterocycles. The van der Waals surface area contributed by atoms with Gasteiger partial charge in [0, 0.05) is 137 Å². The van der Waals surface area contributed by atoms with E-state index in [1.807, 2.05) is 49.5 Å². The highest BCUT2D eigenvalue weighted by Gasteiger charge is 2.33. The molecule has 0 unspecified atom stereocenters. The van der Waals surface area contributed by atoms with Gasteiger partial charge >= 0.3 is 5.69 Å². The maximum atomic E-state index is 11.5. The third-order valence-electron chi connectivity index (χ3n) is 11.2. The minimum absolute atomic E-state index is 0.0172. The first-order valence-corrected chi connectivity index (χ1v) is 19.0. The van der Waals surface area contributed by atoms with Crippen LogP contribution in [0, 0.1) is 10.1 Å². The zero-order valence-electron chi connectivity index (χ0n) is 32.4. The molecule has 15 nitrogen and oxygen atoms in total. The molecule has 54 heavy (non-hydrogen) atoms. The number of nitro groups is 1. The number of nitrogens with zero attached hydrogens (tertiary/aromatic N) is 9. The molecule has 0 amide bonds. The lowest BCUT2D eigenvalue weighted by Crippen LogP contribution is -2.55. The number of aryl methyl sites for hydroxylation is 2. The number of hydrogen-bond acceptors (Lipinski definition) is 12. The summed E-state index contributed by atoms with van der Waals surface area (Å²) in [4.78, 5) is 21.2. The van der Waals surface area contributed by atoms with Gasteiger partial charge in [0.2, 0.25) is 0 Å². The quantitative estimate of drug-likeness (QED) is 0.154. The number of ether oxygens (including phenoxy) is 2.